The van der Waals surface area contributed by atoms with Crippen molar-refractivity contribution in [2.45, 2.75) is 46.2 Å². The number of rotatable bonds is 7. The van der Waals surface area contributed by atoms with Gasteiger partial charge in [-0.1, -0.05) is 43.7 Å². The van der Waals surface area contributed by atoms with Gasteiger partial charge in [0.25, 0.3) is 0 Å². The Morgan fingerprint density at radius 2 is 2.00 bits per heavy atom. The summed E-state index contributed by atoms with van der Waals surface area (Å²) in [6, 6.07) is 9.89. The minimum Gasteiger partial charge on any atom is -0.309 e. The highest BCUT2D eigenvalue weighted by atomic mass is 15.1. The molecule has 0 aliphatic heterocycles. The van der Waals surface area contributed by atoms with E-state index in [-0.39, 0.29) is 0 Å². The highest BCUT2D eigenvalue weighted by Gasteiger charge is 2.15. The summed E-state index contributed by atoms with van der Waals surface area (Å²) in [6.45, 7) is 10.9. The van der Waals surface area contributed by atoms with Crippen molar-refractivity contribution in [2.75, 3.05) is 20.1 Å². The van der Waals surface area contributed by atoms with E-state index in [1.165, 1.54) is 17.5 Å². The molecule has 0 radical (unpaired) electrons. The molecule has 0 saturated carbocycles. The minimum absolute atomic E-state index is 0.425. The average Bonchev–Trinajstić information content (AvgIpc) is 2.37. The Morgan fingerprint density at radius 3 is 2.56 bits per heavy atom. The Morgan fingerprint density at radius 1 is 1.28 bits per heavy atom. The molecule has 1 aromatic rings. The molecule has 1 rings (SSSR count). The van der Waals surface area contributed by atoms with E-state index in [0.29, 0.717) is 12.1 Å². The number of nitrogens with one attached hydrogen (secondary N) is 1. The summed E-state index contributed by atoms with van der Waals surface area (Å²) in [5.41, 5.74) is 2.73. The molecule has 0 spiro atoms. The average molecular weight is 248 g/mol. The zero-order valence-electron chi connectivity index (χ0n) is 12.5. The van der Waals surface area contributed by atoms with Gasteiger partial charge in [0, 0.05) is 18.6 Å². The van der Waals surface area contributed by atoms with Gasteiger partial charge in [-0.3, -0.25) is 0 Å². The van der Waals surface area contributed by atoms with Crippen molar-refractivity contribution in [2.24, 2.45) is 0 Å². The van der Waals surface area contributed by atoms with Gasteiger partial charge in [-0.2, -0.15) is 0 Å². The van der Waals surface area contributed by atoms with Crippen molar-refractivity contribution in [3.8, 4) is 0 Å². The van der Waals surface area contributed by atoms with E-state index in [1.54, 1.807) is 0 Å². The van der Waals surface area contributed by atoms with Crippen molar-refractivity contribution in [1.29, 1.82) is 0 Å². The van der Waals surface area contributed by atoms with Crippen LogP contribution in [-0.2, 0) is 0 Å². The lowest BCUT2D eigenvalue weighted by molar-refractivity contribution is 0.225. The number of aryl methyl sites for hydroxylation is 1. The second-order valence-corrected chi connectivity index (χ2v) is 5.22. The first-order valence-corrected chi connectivity index (χ1v) is 7.08. The summed E-state index contributed by atoms with van der Waals surface area (Å²) in [5, 5.41) is 3.59. The summed E-state index contributed by atoms with van der Waals surface area (Å²) in [5.74, 6) is 0. The highest BCUT2D eigenvalue weighted by molar-refractivity contribution is 5.25. The predicted octanol–water partition coefficient (Wildman–Crippen LogP) is 3.38. The van der Waals surface area contributed by atoms with Crippen molar-refractivity contribution in [3.05, 3.63) is 35.4 Å². The molecule has 0 saturated heterocycles. The zero-order valence-corrected chi connectivity index (χ0v) is 12.5. The second-order valence-electron chi connectivity index (χ2n) is 5.22. The maximum atomic E-state index is 3.59. The molecule has 1 aromatic carbocycles. The van der Waals surface area contributed by atoms with Gasteiger partial charge in [0.1, 0.15) is 0 Å². The van der Waals surface area contributed by atoms with Gasteiger partial charge >= 0.3 is 0 Å². The van der Waals surface area contributed by atoms with Crippen molar-refractivity contribution < 1.29 is 0 Å². The fourth-order valence-corrected chi connectivity index (χ4v) is 2.20. The van der Waals surface area contributed by atoms with Gasteiger partial charge in [0.15, 0.2) is 0 Å². The fraction of sp³-hybridized carbons (Fsp3) is 0.625. The summed E-state index contributed by atoms with van der Waals surface area (Å²) in [7, 11) is 2.22. The maximum Gasteiger partial charge on any atom is 0.0449 e. The topological polar surface area (TPSA) is 15.3 Å². The summed E-state index contributed by atoms with van der Waals surface area (Å²) < 4.78 is 0. The van der Waals surface area contributed by atoms with Gasteiger partial charge in [0.05, 0.1) is 0 Å². The molecule has 102 valence electrons. The first-order valence-electron chi connectivity index (χ1n) is 7.08. The lowest BCUT2D eigenvalue weighted by Gasteiger charge is -2.29. The van der Waals surface area contributed by atoms with Crippen LogP contribution in [0.15, 0.2) is 24.3 Å². The van der Waals surface area contributed by atoms with Crippen LogP contribution in [0.5, 0.6) is 0 Å². The lowest BCUT2D eigenvalue weighted by atomic mass is 10.0. The van der Waals surface area contributed by atoms with Crippen LogP contribution in [0, 0.1) is 6.92 Å². The van der Waals surface area contributed by atoms with Crippen molar-refractivity contribution in [3.63, 3.8) is 0 Å². The minimum atomic E-state index is 0.425. The third-order valence-electron chi connectivity index (χ3n) is 3.71. The first kappa shape index (κ1) is 15.2. The number of hydrogen-bond donors (Lipinski definition) is 1. The molecular weight excluding hydrogens is 220 g/mol. The molecule has 0 aliphatic rings. The molecular formula is C16H28N2. The Kier molecular flexibility index (Phi) is 6.37. The predicted molar refractivity (Wildman–Crippen MR) is 80.0 cm³/mol. The number of benzene rings is 1. The van der Waals surface area contributed by atoms with Gasteiger partial charge < -0.3 is 10.2 Å². The van der Waals surface area contributed by atoms with Crippen LogP contribution in [0.2, 0.25) is 0 Å². The highest BCUT2D eigenvalue weighted by Crippen LogP contribution is 2.17. The van der Waals surface area contributed by atoms with Gasteiger partial charge in [-0.05, 0) is 39.4 Å². The molecule has 0 fully saturated rings. The van der Waals surface area contributed by atoms with E-state index in [4.69, 9.17) is 0 Å². The second kappa shape index (κ2) is 7.55. The normalized spacial score (nSPS) is 14.8. The van der Waals surface area contributed by atoms with Crippen LogP contribution in [0.4, 0.5) is 0 Å². The van der Waals surface area contributed by atoms with Gasteiger partial charge in [-0.25, -0.2) is 0 Å². The van der Waals surface area contributed by atoms with E-state index in [1.807, 2.05) is 0 Å². The van der Waals surface area contributed by atoms with Gasteiger partial charge in [-0.15, -0.1) is 0 Å². The van der Waals surface area contributed by atoms with E-state index >= 15 is 0 Å². The number of hydrogen-bond acceptors (Lipinski definition) is 2. The standard InChI is InChI=1S/C16H28N2/c1-6-14(4)18(5)12-16(17-7-2)15-10-8-9-13(3)11-15/h8-11,14,16-17H,6-7,12H2,1-5H3. The lowest BCUT2D eigenvalue weighted by Crippen LogP contribution is -2.37. The Hall–Kier alpha value is -0.860. The Bertz CT molecular complexity index is 349. The molecule has 2 atom stereocenters. The zero-order chi connectivity index (χ0) is 13.5. The Balaban J connectivity index is 2.76. The van der Waals surface area contributed by atoms with Gasteiger partial charge in [0.2, 0.25) is 0 Å². The van der Waals surface area contributed by atoms with Crippen LogP contribution in [-0.4, -0.2) is 31.1 Å². The fourth-order valence-electron chi connectivity index (χ4n) is 2.20. The van der Waals surface area contributed by atoms with E-state index in [0.717, 1.165) is 13.1 Å². The first-order chi connectivity index (χ1) is 8.58. The molecule has 0 aliphatic carbocycles. The van der Waals surface area contributed by atoms with Crippen LogP contribution < -0.4 is 5.32 Å². The summed E-state index contributed by atoms with van der Waals surface area (Å²) in [6.07, 6.45) is 1.20. The summed E-state index contributed by atoms with van der Waals surface area (Å²) >= 11 is 0. The summed E-state index contributed by atoms with van der Waals surface area (Å²) in [4.78, 5) is 2.44. The molecule has 0 heterocycles. The van der Waals surface area contributed by atoms with Crippen molar-refractivity contribution >= 4 is 0 Å². The molecule has 0 aromatic heterocycles. The van der Waals surface area contributed by atoms with E-state index < -0.39 is 0 Å². The maximum absolute atomic E-state index is 3.59. The smallest absolute Gasteiger partial charge is 0.0449 e. The third-order valence-corrected chi connectivity index (χ3v) is 3.71. The SMILES string of the molecule is CCNC(CN(C)C(C)CC)c1cccc(C)c1. The Labute approximate surface area is 112 Å². The van der Waals surface area contributed by atoms with Crippen LogP contribution in [0.1, 0.15) is 44.4 Å². The molecule has 2 nitrogen and oxygen atoms in total. The molecule has 0 amide bonds. The number of likely N-dealkylation sites (N-methyl/N-ethyl adjacent to an activating group) is 2. The largest absolute Gasteiger partial charge is 0.309 e. The molecule has 0 bridgehead atoms. The van der Waals surface area contributed by atoms with E-state index in [9.17, 15) is 0 Å². The molecule has 2 heteroatoms. The quantitative estimate of drug-likeness (QED) is 0.796. The van der Waals surface area contributed by atoms with Crippen molar-refractivity contribution in [1.82, 2.24) is 10.2 Å². The van der Waals surface area contributed by atoms with Crippen LogP contribution >= 0.6 is 0 Å². The molecule has 2 unspecified atom stereocenters. The van der Waals surface area contributed by atoms with E-state index in [2.05, 4.69) is 69.2 Å². The van der Waals surface area contributed by atoms with Crippen LogP contribution in [0.25, 0.3) is 0 Å². The van der Waals surface area contributed by atoms with Crippen LogP contribution in [0.3, 0.4) is 0 Å². The number of nitrogens with zero attached hydrogens (tertiary/aromatic N) is 1. The monoisotopic (exact) mass is 248 g/mol. The third kappa shape index (κ3) is 4.43. The molecule has 18 heavy (non-hydrogen) atoms. The molecule has 1 N–H and O–H groups in total.